The Labute approximate surface area is 78.1 Å². The molecule has 0 aromatic heterocycles. The molecule has 2 aliphatic rings. The van der Waals surface area contributed by atoms with Crippen molar-refractivity contribution in [2.45, 2.75) is 11.8 Å². The van der Waals surface area contributed by atoms with Crippen molar-refractivity contribution in [2.24, 2.45) is 0 Å². The fourth-order valence-electron chi connectivity index (χ4n) is 1.36. The molecule has 1 atom stereocenters. The molecule has 0 aromatic carbocycles. The van der Waals surface area contributed by atoms with Crippen molar-refractivity contribution in [3.05, 3.63) is 11.8 Å². The second kappa shape index (κ2) is 2.83. The number of carbonyl (C=O) groups excluding carboxylic acids is 1. The van der Waals surface area contributed by atoms with E-state index < -0.39 is 0 Å². The van der Waals surface area contributed by atoms with Gasteiger partial charge in [0.15, 0.2) is 0 Å². The van der Waals surface area contributed by atoms with Crippen LogP contribution in [0.4, 0.5) is 0 Å². The van der Waals surface area contributed by atoms with E-state index in [1.54, 1.807) is 0 Å². The molecule has 0 spiro atoms. The first-order chi connectivity index (χ1) is 5.29. The summed E-state index contributed by atoms with van der Waals surface area (Å²) in [6.07, 6.45) is 3.22. The van der Waals surface area contributed by atoms with E-state index in [2.05, 4.69) is 20.8 Å². The molecule has 0 aliphatic carbocycles. The molecule has 2 rings (SSSR count). The van der Waals surface area contributed by atoms with E-state index in [1.165, 1.54) is 6.42 Å². The highest BCUT2D eigenvalue weighted by atomic mass is 79.9. The van der Waals surface area contributed by atoms with Gasteiger partial charge in [-0.1, -0.05) is 0 Å². The number of halogens is 1. The Morgan fingerprint density at radius 1 is 1.82 bits per heavy atom. The molecular weight excluding hydrogens is 226 g/mol. The fraction of sp³-hybridized carbons (Fsp3) is 0.571. The third kappa shape index (κ3) is 1.22. The topological polar surface area (TPSA) is 20.3 Å². The number of nitrogens with zero attached hydrogens (tertiary/aromatic N) is 1. The zero-order valence-electron chi connectivity index (χ0n) is 5.92. The molecule has 0 aromatic rings. The molecule has 11 heavy (non-hydrogen) atoms. The van der Waals surface area contributed by atoms with Crippen molar-refractivity contribution >= 4 is 32.4 Å². The first-order valence-corrected chi connectivity index (χ1v) is 5.41. The Bertz CT molecular complexity index is 228. The minimum atomic E-state index is 0.0301. The Hall–Kier alpha value is 0.0400. The van der Waals surface area contributed by atoms with Gasteiger partial charge in [-0.05, 0) is 28.4 Å². The van der Waals surface area contributed by atoms with Crippen LogP contribution < -0.4 is 0 Å². The Morgan fingerprint density at radius 3 is 3.09 bits per heavy atom. The van der Waals surface area contributed by atoms with Crippen molar-refractivity contribution in [1.29, 1.82) is 0 Å². The monoisotopic (exact) mass is 233 g/mol. The zero-order valence-corrected chi connectivity index (χ0v) is 8.32. The van der Waals surface area contributed by atoms with Gasteiger partial charge in [-0.15, -0.1) is 11.8 Å². The minimum Gasteiger partial charge on any atom is -0.356 e. The number of carbonyl (C=O) groups is 1. The van der Waals surface area contributed by atoms with E-state index in [0.29, 0.717) is 5.37 Å². The van der Waals surface area contributed by atoms with E-state index in [9.17, 15) is 4.79 Å². The zero-order chi connectivity index (χ0) is 7.84. The summed E-state index contributed by atoms with van der Waals surface area (Å²) < 4.78 is 0.0301. The predicted molar refractivity (Wildman–Crippen MR) is 49.6 cm³/mol. The van der Waals surface area contributed by atoms with Crippen LogP contribution >= 0.6 is 27.7 Å². The lowest BCUT2D eigenvalue weighted by atomic mass is 10.2. The summed E-state index contributed by atoms with van der Waals surface area (Å²) in [5, 5.41) is 0.580. The molecule has 2 aliphatic heterocycles. The number of hydrogen-bond donors (Lipinski definition) is 0. The Kier molecular flexibility index (Phi) is 1.97. The van der Waals surface area contributed by atoms with Crippen molar-refractivity contribution in [3.63, 3.8) is 0 Å². The molecule has 1 unspecified atom stereocenters. The minimum absolute atomic E-state index is 0.0301. The number of hydrogen-bond acceptors (Lipinski definition) is 3. The number of fused-ring (bicyclic) bond motifs is 1. The lowest BCUT2D eigenvalue weighted by molar-refractivity contribution is -0.109. The van der Waals surface area contributed by atoms with Crippen LogP contribution in [0.3, 0.4) is 0 Å². The van der Waals surface area contributed by atoms with E-state index in [0.717, 1.165) is 18.0 Å². The van der Waals surface area contributed by atoms with E-state index >= 15 is 0 Å². The van der Waals surface area contributed by atoms with Gasteiger partial charge in [0.05, 0.1) is 11.1 Å². The SMILES string of the molecule is O=C(Br)C1=CCSC2CCN12. The van der Waals surface area contributed by atoms with Crippen LogP contribution in [0, 0.1) is 0 Å². The van der Waals surface area contributed by atoms with Crippen LogP contribution in [0.5, 0.6) is 0 Å². The molecular formula is C7H8BrNOS. The molecule has 60 valence electrons. The molecule has 0 saturated carbocycles. The highest BCUT2D eigenvalue weighted by Crippen LogP contribution is 2.36. The van der Waals surface area contributed by atoms with Gasteiger partial charge in [0.2, 0.25) is 4.69 Å². The lowest BCUT2D eigenvalue weighted by Gasteiger charge is -2.44. The number of thioether (sulfide) groups is 1. The van der Waals surface area contributed by atoms with Crippen molar-refractivity contribution < 1.29 is 4.79 Å². The maximum absolute atomic E-state index is 11.0. The van der Waals surface area contributed by atoms with Gasteiger partial charge in [0.25, 0.3) is 0 Å². The summed E-state index contributed by atoms with van der Waals surface area (Å²) in [5.74, 6) is 0.980. The molecule has 0 N–H and O–H groups in total. The Balaban J connectivity index is 2.18. The van der Waals surface area contributed by atoms with Crippen LogP contribution in [0.2, 0.25) is 0 Å². The summed E-state index contributed by atoms with van der Waals surface area (Å²) in [5.41, 5.74) is 0.861. The smallest absolute Gasteiger partial charge is 0.243 e. The normalized spacial score (nSPS) is 28.6. The van der Waals surface area contributed by atoms with Crippen LogP contribution in [0.15, 0.2) is 11.8 Å². The van der Waals surface area contributed by atoms with E-state index in [-0.39, 0.29) is 4.69 Å². The van der Waals surface area contributed by atoms with Crippen LogP contribution in [-0.4, -0.2) is 27.3 Å². The molecule has 0 bridgehead atoms. The molecule has 0 radical (unpaired) electrons. The molecule has 1 saturated heterocycles. The first kappa shape index (κ1) is 7.68. The maximum atomic E-state index is 11.0. The number of rotatable bonds is 1. The summed E-state index contributed by atoms with van der Waals surface area (Å²) in [7, 11) is 0. The van der Waals surface area contributed by atoms with Crippen LogP contribution in [0.25, 0.3) is 0 Å². The third-order valence-corrected chi connectivity index (χ3v) is 3.68. The van der Waals surface area contributed by atoms with Gasteiger partial charge in [-0.25, -0.2) is 0 Å². The molecule has 0 amide bonds. The summed E-state index contributed by atoms with van der Waals surface area (Å²) in [6.45, 7) is 1.04. The predicted octanol–water partition coefficient (Wildman–Crippen LogP) is 1.57. The average molecular weight is 234 g/mol. The molecule has 2 heterocycles. The largest absolute Gasteiger partial charge is 0.356 e. The average Bonchev–Trinajstić information content (AvgIpc) is 1.90. The van der Waals surface area contributed by atoms with Gasteiger partial charge >= 0.3 is 0 Å². The van der Waals surface area contributed by atoms with Gasteiger partial charge in [-0.2, -0.15) is 0 Å². The van der Waals surface area contributed by atoms with Crippen molar-refractivity contribution in [2.75, 3.05) is 12.3 Å². The summed E-state index contributed by atoms with van der Waals surface area (Å²) in [6, 6.07) is 0. The lowest BCUT2D eigenvalue weighted by Crippen LogP contribution is -2.47. The highest BCUT2D eigenvalue weighted by Gasteiger charge is 2.34. The highest BCUT2D eigenvalue weighted by molar-refractivity contribution is 9.18. The van der Waals surface area contributed by atoms with E-state index in [4.69, 9.17) is 0 Å². The van der Waals surface area contributed by atoms with Gasteiger partial charge in [0.1, 0.15) is 0 Å². The fourth-order valence-corrected chi connectivity index (χ4v) is 2.90. The second-order valence-corrected chi connectivity index (χ2v) is 4.56. The van der Waals surface area contributed by atoms with Gasteiger partial charge in [-0.3, -0.25) is 4.79 Å². The van der Waals surface area contributed by atoms with E-state index in [1.807, 2.05) is 17.8 Å². The third-order valence-electron chi connectivity index (χ3n) is 2.04. The van der Waals surface area contributed by atoms with Gasteiger partial charge < -0.3 is 4.90 Å². The second-order valence-electron chi connectivity index (χ2n) is 2.63. The molecule has 4 heteroatoms. The first-order valence-electron chi connectivity index (χ1n) is 3.57. The quantitative estimate of drug-likeness (QED) is 0.642. The summed E-state index contributed by atoms with van der Waals surface area (Å²) in [4.78, 5) is 13.1. The number of allylic oxidation sites excluding steroid dienone is 1. The Morgan fingerprint density at radius 2 is 2.64 bits per heavy atom. The standard InChI is InChI=1S/C7H8BrNOS/c8-7(10)5-2-4-11-6-1-3-9(5)6/h2,6H,1,3-4H2. The van der Waals surface area contributed by atoms with Crippen molar-refractivity contribution in [3.8, 4) is 0 Å². The summed E-state index contributed by atoms with van der Waals surface area (Å²) >= 11 is 4.89. The van der Waals surface area contributed by atoms with Crippen molar-refractivity contribution in [1.82, 2.24) is 4.90 Å². The van der Waals surface area contributed by atoms with Crippen LogP contribution in [-0.2, 0) is 4.79 Å². The maximum Gasteiger partial charge on any atom is 0.243 e. The van der Waals surface area contributed by atoms with Crippen LogP contribution in [0.1, 0.15) is 6.42 Å². The van der Waals surface area contributed by atoms with Gasteiger partial charge in [0, 0.05) is 12.3 Å². The molecule has 1 fully saturated rings. The molecule has 2 nitrogen and oxygen atoms in total.